The molecule has 5 rings (SSSR count). The highest BCUT2D eigenvalue weighted by Gasteiger charge is 2.22. The molecule has 1 aliphatic rings. The molecular weight excluding hydrogens is 368 g/mol. The van der Waals surface area contributed by atoms with E-state index in [-0.39, 0.29) is 0 Å². The molecule has 0 saturated carbocycles. The lowest BCUT2D eigenvalue weighted by Gasteiger charge is -2.28. The van der Waals surface area contributed by atoms with Gasteiger partial charge in [0.2, 0.25) is 0 Å². The fourth-order valence-corrected chi connectivity index (χ4v) is 4.60. The third-order valence-corrected chi connectivity index (χ3v) is 6.39. The van der Waals surface area contributed by atoms with Gasteiger partial charge in [0, 0.05) is 37.9 Å². The average molecular weight is 391 g/mol. The maximum absolute atomic E-state index is 4.83. The lowest BCUT2D eigenvalue weighted by Crippen LogP contribution is -2.29. The monoisotopic (exact) mass is 390 g/mol. The normalized spacial score (nSPS) is 16.0. The third-order valence-electron chi connectivity index (χ3n) is 5.58. The maximum Gasteiger partial charge on any atom is 0.115 e. The van der Waals surface area contributed by atoms with Gasteiger partial charge >= 0.3 is 0 Å². The number of rotatable bonds is 4. The summed E-state index contributed by atoms with van der Waals surface area (Å²) >= 11 is 1.70. The van der Waals surface area contributed by atoms with Crippen LogP contribution in [0.25, 0.3) is 10.2 Å². The molecule has 4 aromatic rings. The van der Waals surface area contributed by atoms with Crippen molar-refractivity contribution in [3.63, 3.8) is 0 Å². The molecule has 7 heteroatoms. The van der Waals surface area contributed by atoms with Crippen LogP contribution in [0.5, 0.6) is 0 Å². The summed E-state index contributed by atoms with van der Waals surface area (Å²) in [5, 5.41) is 4.83. The van der Waals surface area contributed by atoms with Crippen LogP contribution in [0.15, 0.2) is 48.5 Å². The van der Waals surface area contributed by atoms with Gasteiger partial charge in [0.15, 0.2) is 0 Å². The van der Waals surface area contributed by atoms with Gasteiger partial charge in [0.25, 0.3) is 0 Å². The Bertz CT molecular complexity index is 1060. The second kappa shape index (κ2) is 7.41. The lowest BCUT2D eigenvalue weighted by atomic mass is 10.1. The molecule has 0 fully saturated rings. The molecule has 0 spiro atoms. The van der Waals surface area contributed by atoms with Gasteiger partial charge in [-0.2, -0.15) is 5.10 Å². The summed E-state index contributed by atoms with van der Waals surface area (Å²) in [6.45, 7) is 5.06. The zero-order valence-corrected chi connectivity index (χ0v) is 16.6. The Morgan fingerprint density at radius 3 is 2.96 bits per heavy atom. The summed E-state index contributed by atoms with van der Waals surface area (Å²) in [6.07, 6.45) is 7.57. The second-order valence-corrected chi connectivity index (χ2v) is 8.18. The largest absolute Gasteiger partial charge is 0.296 e. The summed E-state index contributed by atoms with van der Waals surface area (Å²) in [4.78, 5) is 15.3. The molecule has 3 aromatic heterocycles. The molecule has 1 aromatic carbocycles. The van der Waals surface area contributed by atoms with Crippen molar-refractivity contribution in [3.05, 3.63) is 71.0 Å². The Morgan fingerprint density at radius 1 is 1.14 bits per heavy atom. The van der Waals surface area contributed by atoms with E-state index >= 15 is 0 Å². The smallest absolute Gasteiger partial charge is 0.115 e. The van der Waals surface area contributed by atoms with Crippen LogP contribution in [0.2, 0.25) is 0 Å². The molecule has 142 valence electrons. The minimum Gasteiger partial charge on any atom is -0.296 e. The average Bonchev–Trinajstić information content (AvgIpc) is 3.30. The minimum absolute atomic E-state index is 0.378. The zero-order chi connectivity index (χ0) is 18.9. The first-order chi connectivity index (χ1) is 13.8. The van der Waals surface area contributed by atoms with Crippen molar-refractivity contribution in [2.75, 3.05) is 13.1 Å². The van der Waals surface area contributed by atoms with Gasteiger partial charge in [-0.25, -0.2) is 15.0 Å². The molecule has 1 aliphatic heterocycles. The first-order valence-corrected chi connectivity index (χ1v) is 10.5. The van der Waals surface area contributed by atoms with Crippen LogP contribution in [-0.2, 0) is 19.4 Å². The van der Waals surface area contributed by atoms with Crippen molar-refractivity contribution in [2.24, 2.45) is 0 Å². The van der Waals surface area contributed by atoms with E-state index in [1.54, 1.807) is 23.9 Å². The molecule has 1 atom stereocenters. The van der Waals surface area contributed by atoms with Crippen LogP contribution in [0.3, 0.4) is 0 Å². The molecule has 4 heterocycles. The summed E-state index contributed by atoms with van der Waals surface area (Å²) in [5.41, 5.74) is 7.93. The molecule has 0 N–H and O–H groups in total. The number of nitrogens with zero attached hydrogens (tertiary/aromatic N) is 6. The fourth-order valence-electron chi connectivity index (χ4n) is 3.94. The first-order valence-electron chi connectivity index (χ1n) is 9.63. The standard InChI is InChI=1S/C21H22N6S/c1-15(16-2-3-21-20(10-16)24-14-28-21)26-8-5-17-11-27(25-19(17)6-9-26)12-18-4-7-22-13-23-18/h2-4,7,10-11,13-15H,5-6,8-9,12H2,1H3. The topological polar surface area (TPSA) is 59.7 Å². The summed E-state index contributed by atoms with van der Waals surface area (Å²) in [6, 6.07) is 9.00. The van der Waals surface area contributed by atoms with Crippen LogP contribution < -0.4 is 0 Å². The van der Waals surface area contributed by atoms with Crippen LogP contribution in [0.1, 0.15) is 35.5 Å². The number of fused-ring (bicyclic) bond motifs is 2. The Morgan fingerprint density at radius 2 is 2.07 bits per heavy atom. The van der Waals surface area contributed by atoms with E-state index in [0.717, 1.165) is 37.1 Å². The van der Waals surface area contributed by atoms with E-state index in [1.165, 1.54) is 21.5 Å². The highest BCUT2D eigenvalue weighted by molar-refractivity contribution is 7.16. The number of hydrogen-bond donors (Lipinski definition) is 0. The van der Waals surface area contributed by atoms with Gasteiger partial charge in [-0.3, -0.25) is 9.58 Å². The van der Waals surface area contributed by atoms with Gasteiger partial charge in [-0.05, 0) is 42.7 Å². The highest BCUT2D eigenvalue weighted by Crippen LogP contribution is 2.27. The van der Waals surface area contributed by atoms with Crippen molar-refractivity contribution < 1.29 is 0 Å². The van der Waals surface area contributed by atoms with Gasteiger partial charge in [0.05, 0.1) is 33.7 Å². The number of aromatic nitrogens is 5. The summed E-state index contributed by atoms with van der Waals surface area (Å²) < 4.78 is 3.27. The molecule has 0 radical (unpaired) electrons. The SMILES string of the molecule is CC(c1ccc2scnc2c1)N1CCc2cn(Cc3ccncn3)nc2CC1. The number of thiazole rings is 1. The van der Waals surface area contributed by atoms with Crippen LogP contribution in [0, 0.1) is 0 Å². The van der Waals surface area contributed by atoms with E-state index in [2.05, 4.69) is 51.2 Å². The first kappa shape index (κ1) is 17.5. The molecule has 1 unspecified atom stereocenters. The van der Waals surface area contributed by atoms with Crippen LogP contribution >= 0.6 is 11.3 Å². The van der Waals surface area contributed by atoms with Gasteiger partial charge in [-0.15, -0.1) is 11.3 Å². The fraction of sp³-hybridized carbons (Fsp3) is 0.333. The van der Waals surface area contributed by atoms with Crippen molar-refractivity contribution in [3.8, 4) is 0 Å². The van der Waals surface area contributed by atoms with E-state index in [1.807, 2.05) is 16.3 Å². The third kappa shape index (κ3) is 3.43. The van der Waals surface area contributed by atoms with Crippen molar-refractivity contribution in [2.45, 2.75) is 32.4 Å². The molecule has 0 saturated heterocycles. The summed E-state index contributed by atoms with van der Waals surface area (Å²) in [7, 11) is 0. The van der Waals surface area contributed by atoms with Gasteiger partial charge in [0.1, 0.15) is 6.33 Å². The van der Waals surface area contributed by atoms with Crippen molar-refractivity contribution in [1.29, 1.82) is 0 Å². The number of hydrogen-bond acceptors (Lipinski definition) is 6. The number of benzene rings is 1. The van der Waals surface area contributed by atoms with Crippen LogP contribution in [0.4, 0.5) is 0 Å². The molecule has 0 amide bonds. The molecule has 0 bridgehead atoms. The van der Waals surface area contributed by atoms with E-state index < -0.39 is 0 Å². The van der Waals surface area contributed by atoms with Crippen molar-refractivity contribution in [1.82, 2.24) is 29.6 Å². The molecular formula is C21H22N6S. The van der Waals surface area contributed by atoms with Gasteiger partial charge < -0.3 is 0 Å². The zero-order valence-electron chi connectivity index (χ0n) is 15.8. The Labute approximate surface area is 167 Å². The quantitative estimate of drug-likeness (QED) is 0.534. The lowest BCUT2D eigenvalue weighted by molar-refractivity contribution is 0.220. The van der Waals surface area contributed by atoms with E-state index in [0.29, 0.717) is 12.6 Å². The highest BCUT2D eigenvalue weighted by atomic mass is 32.1. The second-order valence-electron chi connectivity index (χ2n) is 7.29. The van der Waals surface area contributed by atoms with Crippen LogP contribution in [-0.4, -0.2) is 42.7 Å². The molecule has 0 aliphatic carbocycles. The van der Waals surface area contributed by atoms with Gasteiger partial charge in [-0.1, -0.05) is 6.07 Å². The predicted octanol–water partition coefficient (Wildman–Crippen LogP) is 3.49. The Balaban J connectivity index is 1.29. The molecule has 28 heavy (non-hydrogen) atoms. The maximum atomic E-state index is 4.83. The van der Waals surface area contributed by atoms with Crippen molar-refractivity contribution >= 4 is 21.6 Å². The Hall–Kier alpha value is -2.64. The Kier molecular flexibility index (Phi) is 4.62. The predicted molar refractivity (Wildman–Crippen MR) is 110 cm³/mol. The van der Waals surface area contributed by atoms with E-state index in [4.69, 9.17) is 5.10 Å². The minimum atomic E-state index is 0.378. The van der Waals surface area contributed by atoms with E-state index in [9.17, 15) is 0 Å². The summed E-state index contributed by atoms with van der Waals surface area (Å²) in [5.74, 6) is 0. The molecule has 6 nitrogen and oxygen atoms in total.